The van der Waals surface area contributed by atoms with Gasteiger partial charge in [-0.15, -0.1) is 5.10 Å². The van der Waals surface area contributed by atoms with Crippen molar-refractivity contribution in [3.63, 3.8) is 0 Å². The van der Waals surface area contributed by atoms with Crippen molar-refractivity contribution in [1.29, 1.82) is 5.26 Å². The number of rotatable bonds is 4. The summed E-state index contributed by atoms with van der Waals surface area (Å²) in [6.07, 6.45) is 1.82. The van der Waals surface area contributed by atoms with Crippen molar-refractivity contribution < 1.29 is 4.79 Å². The summed E-state index contributed by atoms with van der Waals surface area (Å²) in [5, 5.41) is 19.6. The average Bonchev–Trinajstić information content (AvgIpc) is 3.26. The molecule has 0 unspecified atom stereocenters. The molecule has 6 nitrogen and oxygen atoms in total. The number of aromatic nitrogens is 3. The van der Waals surface area contributed by atoms with Crippen molar-refractivity contribution in [2.75, 3.05) is 5.32 Å². The molecule has 1 aliphatic rings. The Bertz CT molecular complexity index is 667. The van der Waals surface area contributed by atoms with E-state index in [0.29, 0.717) is 12.4 Å². The first kappa shape index (κ1) is 12.4. The number of hydrogen-bond acceptors (Lipinski definition) is 4. The van der Waals surface area contributed by atoms with Crippen LogP contribution in [-0.2, 0) is 11.3 Å². The van der Waals surface area contributed by atoms with E-state index in [1.54, 1.807) is 4.68 Å². The second-order valence-corrected chi connectivity index (χ2v) is 4.81. The van der Waals surface area contributed by atoms with Crippen LogP contribution in [-0.4, -0.2) is 20.9 Å². The minimum Gasteiger partial charge on any atom is -0.308 e. The summed E-state index contributed by atoms with van der Waals surface area (Å²) >= 11 is 0. The van der Waals surface area contributed by atoms with E-state index in [9.17, 15) is 4.79 Å². The largest absolute Gasteiger partial charge is 0.308 e. The zero-order valence-electron chi connectivity index (χ0n) is 10.8. The van der Waals surface area contributed by atoms with E-state index < -0.39 is 0 Å². The molecule has 1 aliphatic carbocycles. The maximum atomic E-state index is 11.9. The molecule has 0 bridgehead atoms. The van der Waals surface area contributed by atoms with Crippen LogP contribution in [0.2, 0.25) is 0 Å². The van der Waals surface area contributed by atoms with Gasteiger partial charge in [-0.05, 0) is 18.4 Å². The molecule has 0 radical (unpaired) electrons. The standard InChI is InChI=1S/C14H13N5O/c15-8-12-13(16-14(20)11-6-7-11)19(18-17-12)9-10-4-2-1-3-5-10/h1-5,11H,6-7,9H2,(H,16,20). The van der Waals surface area contributed by atoms with Gasteiger partial charge in [0.05, 0.1) is 6.54 Å². The third kappa shape index (κ3) is 2.52. The molecule has 100 valence electrons. The fourth-order valence-electron chi connectivity index (χ4n) is 1.94. The Morgan fingerprint density at radius 1 is 1.40 bits per heavy atom. The number of anilines is 1. The molecule has 0 atom stereocenters. The highest BCUT2D eigenvalue weighted by molar-refractivity contribution is 5.94. The maximum Gasteiger partial charge on any atom is 0.228 e. The van der Waals surface area contributed by atoms with E-state index in [1.165, 1.54) is 0 Å². The Morgan fingerprint density at radius 3 is 2.80 bits per heavy atom. The van der Waals surface area contributed by atoms with Gasteiger partial charge in [-0.1, -0.05) is 35.5 Å². The quantitative estimate of drug-likeness (QED) is 0.910. The molecule has 1 fully saturated rings. The van der Waals surface area contributed by atoms with Gasteiger partial charge in [0.1, 0.15) is 6.07 Å². The van der Waals surface area contributed by atoms with E-state index in [1.807, 2.05) is 36.4 Å². The minimum atomic E-state index is -0.0573. The number of carbonyl (C=O) groups excluding carboxylic acids is 1. The summed E-state index contributed by atoms with van der Waals surface area (Å²) in [6, 6.07) is 11.7. The van der Waals surface area contributed by atoms with Gasteiger partial charge in [0, 0.05) is 5.92 Å². The fourth-order valence-corrected chi connectivity index (χ4v) is 1.94. The lowest BCUT2D eigenvalue weighted by molar-refractivity contribution is -0.117. The zero-order valence-corrected chi connectivity index (χ0v) is 10.8. The molecule has 1 heterocycles. The van der Waals surface area contributed by atoms with Crippen molar-refractivity contribution >= 4 is 11.7 Å². The molecule has 3 rings (SSSR count). The average molecular weight is 267 g/mol. The van der Waals surface area contributed by atoms with Gasteiger partial charge in [-0.2, -0.15) is 5.26 Å². The van der Waals surface area contributed by atoms with Crippen LogP contribution in [0.1, 0.15) is 24.1 Å². The summed E-state index contributed by atoms with van der Waals surface area (Å²) in [7, 11) is 0. The number of nitrogens with zero attached hydrogens (tertiary/aromatic N) is 4. The second-order valence-electron chi connectivity index (χ2n) is 4.81. The molecule has 6 heteroatoms. The monoisotopic (exact) mass is 267 g/mol. The van der Waals surface area contributed by atoms with Crippen molar-refractivity contribution in [2.24, 2.45) is 5.92 Å². The minimum absolute atomic E-state index is 0.0573. The van der Waals surface area contributed by atoms with Crippen molar-refractivity contribution in [2.45, 2.75) is 19.4 Å². The molecule has 1 N–H and O–H groups in total. The third-order valence-corrected chi connectivity index (χ3v) is 3.21. The Hall–Kier alpha value is -2.68. The Balaban J connectivity index is 1.85. The van der Waals surface area contributed by atoms with E-state index in [4.69, 9.17) is 5.26 Å². The van der Waals surface area contributed by atoms with Crippen LogP contribution in [0.4, 0.5) is 5.82 Å². The van der Waals surface area contributed by atoms with E-state index in [2.05, 4.69) is 15.6 Å². The van der Waals surface area contributed by atoms with Crippen LogP contribution in [0.5, 0.6) is 0 Å². The van der Waals surface area contributed by atoms with Gasteiger partial charge in [-0.3, -0.25) is 4.79 Å². The van der Waals surface area contributed by atoms with Crippen molar-refractivity contribution in [1.82, 2.24) is 15.0 Å². The number of nitrogens with one attached hydrogen (secondary N) is 1. The second kappa shape index (κ2) is 5.13. The highest BCUT2D eigenvalue weighted by atomic mass is 16.2. The van der Waals surface area contributed by atoms with Gasteiger partial charge >= 0.3 is 0 Å². The number of hydrogen-bond donors (Lipinski definition) is 1. The van der Waals surface area contributed by atoms with E-state index in [0.717, 1.165) is 18.4 Å². The Kier molecular flexibility index (Phi) is 3.17. The Morgan fingerprint density at radius 2 is 2.15 bits per heavy atom. The summed E-state index contributed by atoms with van der Waals surface area (Å²) in [5.74, 6) is 0.396. The molecule has 0 saturated heterocycles. The molecule has 0 spiro atoms. The molecular formula is C14H13N5O. The number of benzene rings is 1. The third-order valence-electron chi connectivity index (χ3n) is 3.21. The van der Waals surface area contributed by atoms with Gasteiger partial charge in [0.2, 0.25) is 11.6 Å². The van der Waals surface area contributed by atoms with Gasteiger partial charge in [0.25, 0.3) is 0 Å². The highest BCUT2D eigenvalue weighted by Gasteiger charge is 2.31. The van der Waals surface area contributed by atoms with Crippen LogP contribution >= 0.6 is 0 Å². The van der Waals surface area contributed by atoms with Gasteiger partial charge in [0.15, 0.2) is 5.82 Å². The van der Waals surface area contributed by atoms with Crippen LogP contribution < -0.4 is 5.32 Å². The summed E-state index contributed by atoms with van der Waals surface area (Å²) in [4.78, 5) is 11.9. The van der Waals surface area contributed by atoms with Crippen molar-refractivity contribution in [3.05, 3.63) is 41.6 Å². The topological polar surface area (TPSA) is 83.6 Å². The lowest BCUT2D eigenvalue weighted by Gasteiger charge is -2.07. The Labute approximate surface area is 116 Å². The van der Waals surface area contributed by atoms with Crippen molar-refractivity contribution in [3.8, 4) is 6.07 Å². The van der Waals surface area contributed by atoms with Crippen LogP contribution in [0.3, 0.4) is 0 Å². The first-order chi connectivity index (χ1) is 9.78. The SMILES string of the molecule is N#Cc1nnn(Cc2ccccc2)c1NC(=O)C1CC1. The maximum absolute atomic E-state index is 11.9. The summed E-state index contributed by atoms with van der Waals surface area (Å²) in [6.45, 7) is 0.468. The first-order valence-corrected chi connectivity index (χ1v) is 6.46. The van der Waals surface area contributed by atoms with E-state index in [-0.39, 0.29) is 17.5 Å². The van der Waals surface area contributed by atoms with E-state index >= 15 is 0 Å². The molecule has 20 heavy (non-hydrogen) atoms. The highest BCUT2D eigenvalue weighted by Crippen LogP contribution is 2.30. The number of nitriles is 1. The zero-order chi connectivity index (χ0) is 13.9. The molecule has 1 saturated carbocycles. The van der Waals surface area contributed by atoms with Crippen LogP contribution in [0.15, 0.2) is 30.3 Å². The summed E-state index contributed by atoms with van der Waals surface area (Å²) in [5.41, 5.74) is 1.18. The molecule has 0 aliphatic heterocycles. The molecule has 1 aromatic heterocycles. The molecule has 1 aromatic carbocycles. The molecule has 1 amide bonds. The fraction of sp³-hybridized carbons (Fsp3) is 0.286. The summed E-state index contributed by atoms with van der Waals surface area (Å²) < 4.78 is 1.55. The lowest BCUT2D eigenvalue weighted by Crippen LogP contribution is -2.18. The molecule has 2 aromatic rings. The predicted molar refractivity (Wildman–Crippen MR) is 71.6 cm³/mol. The van der Waals surface area contributed by atoms with Crippen LogP contribution in [0.25, 0.3) is 0 Å². The van der Waals surface area contributed by atoms with Gasteiger partial charge in [-0.25, -0.2) is 4.68 Å². The lowest BCUT2D eigenvalue weighted by atomic mass is 10.2. The normalized spacial score (nSPS) is 13.8. The van der Waals surface area contributed by atoms with Crippen LogP contribution in [0, 0.1) is 17.2 Å². The number of carbonyl (C=O) groups is 1. The van der Waals surface area contributed by atoms with Gasteiger partial charge < -0.3 is 5.32 Å². The number of amides is 1. The first-order valence-electron chi connectivity index (χ1n) is 6.46. The predicted octanol–water partition coefficient (Wildman–Crippen LogP) is 1.55. The molecular weight excluding hydrogens is 254 g/mol. The smallest absolute Gasteiger partial charge is 0.228 e.